The van der Waals surface area contributed by atoms with Crippen LogP contribution in [0.3, 0.4) is 0 Å². The molecule has 0 bridgehead atoms. The number of carbonyl (C=O) groups excluding carboxylic acids is 2. The molecule has 1 aromatic heterocycles. The maximum atomic E-state index is 12.4. The Morgan fingerprint density at radius 3 is 2.67 bits per heavy atom. The van der Waals surface area contributed by atoms with E-state index in [0.717, 1.165) is 0 Å². The van der Waals surface area contributed by atoms with Gasteiger partial charge in [-0.25, -0.2) is 0 Å². The van der Waals surface area contributed by atoms with Crippen molar-refractivity contribution >= 4 is 17.5 Å². The smallest absolute Gasteiger partial charge is 0.250 e. The SMILES string of the molecule is CCN(CC(=O)Nc1ccc2c(c1)OCCO2)C(=O)Cn1ccccc1=O. The van der Waals surface area contributed by atoms with Crippen molar-refractivity contribution in [3.8, 4) is 11.5 Å². The van der Waals surface area contributed by atoms with Gasteiger partial charge in [-0.05, 0) is 25.1 Å². The Morgan fingerprint density at radius 2 is 1.93 bits per heavy atom. The number of rotatable bonds is 6. The van der Waals surface area contributed by atoms with Crippen LogP contribution in [0.4, 0.5) is 5.69 Å². The zero-order valence-corrected chi connectivity index (χ0v) is 15.0. The van der Waals surface area contributed by atoms with Crippen molar-refractivity contribution in [2.75, 3.05) is 31.6 Å². The number of nitrogens with one attached hydrogen (secondary N) is 1. The van der Waals surface area contributed by atoms with Gasteiger partial charge in [-0.15, -0.1) is 0 Å². The van der Waals surface area contributed by atoms with Gasteiger partial charge in [0, 0.05) is 30.6 Å². The van der Waals surface area contributed by atoms with E-state index in [2.05, 4.69) is 5.32 Å². The minimum atomic E-state index is -0.331. The van der Waals surface area contributed by atoms with E-state index in [1.807, 2.05) is 0 Å². The molecular formula is C19H21N3O5. The van der Waals surface area contributed by atoms with E-state index >= 15 is 0 Å². The minimum Gasteiger partial charge on any atom is -0.486 e. The molecule has 2 heterocycles. The highest BCUT2D eigenvalue weighted by atomic mass is 16.6. The lowest BCUT2D eigenvalue weighted by atomic mass is 10.2. The highest BCUT2D eigenvalue weighted by Crippen LogP contribution is 2.32. The Kier molecular flexibility index (Phi) is 5.75. The molecule has 0 fully saturated rings. The molecule has 0 atom stereocenters. The fraction of sp³-hybridized carbons (Fsp3) is 0.316. The van der Waals surface area contributed by atoms with Crippen molar-refractivity contribution in [3.63, 3.8) is 0 Å². The number of amides is 2. The molecule has 1 aliphatic heterocycles. The van der Waals surface area contributed by atoms with Crippen molar-refractivity contribution < 1.29 is 19.1 Å². The van der Waals surface area contributed by atoms with E-state index in [0.29, 0.717) is 36.9 Å². The van der Waals surface area contributed by atoms with Crippen LogP contribution in [0.15, 0.2) is 47.4 Å². The number of likely N-dealkylation sites (N-methyl/N-ethyl adjacent to an activating group) is 1. The van der Waals surface area contributed by atoms with Crippen molar-refractivity contribution in [1.29, 1.82) is 0 Å². The summed E-state index contributed by atoms with van der Waals surface area (Å²) in [6.45, 7) is 2.88. The lowest BCUT2D eigenvalue weighted by Crippen LogP contribution is -2.40. The molecule has 0 saturated heterocycles. The van der Waals surface area contributed by atoms with Gasteiger partial charge in [0.25, 0.3) is 5.56 Å². The first-order chi connectivity index (χ1) is 13.1. The Balaban J connectivity index is 1.60. The third-order valence-corrected chi connectivity index (χ3v) is 4.10. The lowest BCUT2D eigenvalue weighted by Gasteiger charge is -2.21. The second-order valence-corrected chi connectivity index (χ2v) is 5.98. The summed E-state index contributed by atoms with van der Waals surface area (Å²) in [6.07, 6.45) is 1.54. The molecule has 0 saturated carbocycles. The second kappa shape index (κ2) is 8.39. The largest absolute Gasteiger partial charge is 0.486 e. The number of carbonyl (C=O) groups is 2. The van der Waals surface area contributed by atoms with Gasteiger partial charge in [0.2, 0.25) is 11.8 Å². The molecule has 0 spiro atoms. The van der Waals surface area contributed by atoms with Crippen LogP contribution in [-0.2, 0) is 16.1 Å². The van der Waals surface area contributed by atoms with Gasteiger partial charge in [-0.3, -0.25) is 14.4 Å². The van der Waals surface area contributed by atoms with Crippen LogP contribution in [0.1, 0.15) is 6.92 Å². The summed E-state index contributed by atoms with van der Waals surface area (Å²) in [7, 11) is 0. The quantitative estimate of drug-likeness (QED) is 0.822. The van der Waals surface area contributed by atoms with Gasteiger partial charge < -0.3 is 24.3 Å². The molecule has 2 amide bonds. The first-order valence-corrected chi connectivity index (χ1v) is 8.69. The number of benzene rings is 1. The van der Waals surface area contributed by atoms with Crippen LogP contribution in [0.2, 0.25) is 0 Å². The number of fused-ring (bicyclic) bond motifs is 1. The van der Waals surface area contributed by atoms with Gasteiger partial charge in [0.15, 0.2) is 11.5 Å². The molecule has 0 radical (unpaired) electrons. The fourth-order valence-corrected chi connectivity index (χ4v) is 2.71. The number of ether oxygens (including phenoxy) is 2. The molecule has 1 aliphatic rings. The van der Waals surface area contributed by atoms with E-state index in [1.165, 1.54) is 15.5 Å². The number of aromatic nitrogens is 1. The third kappa shape index (κ3) is 4.66. The van der Waals surface area contributed by atoms with Gasteiger partial charge in [0.1, 0.15) is 19.8 Å². The normalized spacial score (nSPS) is 12.3. The van der Waals surface area contributed by atoms with Crippen LogP contribution in [-0.4, -0.2) is 47.6 Å². The summed E-state index contributed by atoms with van der Waals surface area (Å²) in [5, 5.41) is 2.75. The molecular weight excluding hydrogens is 350 g/mol. The van der Waals surface area contributed by atoms with E-state index in [4.69, 9.17) is 9.47 Å². The number of anilines is 1. The molecule has 27 heavy (non-hydrogen) atoms. The van der Waals surface area contributed by atoms with E-state index < -0.39 is 0 Å². The second-order valence-electron chi connectivity index (χ2n) is 5.98. The van der Waals surface area contributed by atoms with Gasteiger partial charge >= 0.3 is 0 Å². The number of hydrogen-bond donors (Lipinski definition) is 1. The molecule has 142 valence electrons. The van der Waals surface area contributed by atoms with Crippen LogP contribution < -0.4 is 20.3 Å². The minimum absolute atomic E-state index is 0.106. The van der Waals surface area contributed by atoms with Gasteiger partial charge in [-0.1, -0.05) is 6.07 Å². The van der Waals surface area contributed by atoms with Crippen LogP contribution >= 0.6 is 0 Å². The molecule has 8 heteroatoms. The summed E-state index contributed by atoms with van der Waals surface area (Å²) < 4.78 is 12.2. The maximum absolute atomic E-state index is 12.4. The fourth-order valence-electron chi connectivity index (χ4n) is 2.71. The first kappa shape index (κ1) is 18.5. The molecule has 8 nitrogen and oxygen atoms in total. The highest BCUT2D eigenvalue weighted by molar-refractivity contribution is 5.94. The Bertz CT molecular complexity index is 893. The average Bonchev–Trinajstić information content (AvgIpc) is 2.67. The molecule has 2 aromatic rings. The number of hydrogen-bond acceptors (Lipinski definition) is 5. The Morgan fingerprint density at radius 1 is 1.15 bits per heavy atom. The molecule has 0 aliphatic carbocycles. The topological polar surface area (TPSA) is 89.9 Å². The third-order valence-electron chi connectivity index (χ3n) is 4.10. The summed E-state index contributed by atoms with van der Waals surface area (Å²) in [5.74, 6) is 0.578. The molecule has 1 N–H and O–H groups in total. The average molecular weight is 371 g/mol. The predicted molar refractivity (Wildman–Crippen MR) is 99.0 cm³/mol. The number of nitrogens with zero attached hydrogens (tertiary/aromatic N) is 2. The molecule has 1 aromatic carbocycles. The van der Waals surface area contributed by atoms with E-state index in [1.54, 1.807) is 43.5 Å². The standard InChI is InChI=1S/C19H21N3O5/c1-2-21(19(25)13-22-8-4-3-5-18(22)24)12-17(23)20-14-6-7-15-16(11-14)27-10-9-26-15/h3-8,11H,2,9-10,12-13H2,1H3,(H,20,23). The van der Waals surface area contributed by atoms with Crippen LogP contribution in [0, 0.1) is 0 Å². The lowest BCUT2D eigenvalue weighted by molar-refractivity contribution is -0.135. The highest BCUT2D eigenvalue weighted by Gasteiger charge is 2.17. The van der Waals surface area contributed by atoms with Crippen molar-refractivity contribution in [1.82, 2.24) is 9.47 Å². The predicted octanol–water partition coefficient (Wildman–Crippen LogP) is 1.11. The van der Waals surface area contributed by atoms with E-state index in [-0.39, 0.29) is 30.5 Å². The van der Waals surface area contributed by atoms with E-state index in [9.17, 15) is 14.4 Å². The summed E-state index contributed by atoms with van der Waals surface area (Å²) >= 11 is 0. The molecule has 0 unspecified atom stereocenters. The Hall–Kier alpha value is -3.29. The first-order valence-electron chi connectivity index (χ1n) is 8.69. The summed E-state index contributed by atoms with van der Waals surface area (Å²) in [4.78, 5) is 37.9. The van der Waals surface area contributed by atoms with Gasteiger partial charge in [-0.2, -0.15) is 0 Å². The van der Waals surface area contributed by atoms with Crippen LogP contribution in [0.5, 0.6) is 11.5 Å². The zero-order valence-electron chi connectivity index (χ0n) is 15.0. The maximum Gasteiger partial charge on any atom is 0.250 e. The Labute approximate surface area is 156 Å². The molecule has 3 rings (SSSR count). The van der Waals surface area contributed by atoms with Crippen molar-refractivity contribution in [2.24, 2.45) is 0 Å². The van der Waals surface area contributed by atoms with Crippen molar-refractivity contribution in [2.45, 2.75) is 13.5 Å². The van der Waals surface area contributed by atoms with Gasteiger partial charge in [0.05, 0.1) is 6.54 Å². The van der Waals surface area contributed by atoms with Crippen molar-refractivity contribution in [3.05, 3.63) is 52.9 Å². The zero-order chi connectivity index (χ0) is 19.2. The monoisotopic (exact) mass is 371 g/mol. The number of pyridine rings is 1. The summed E-state index contributed by atoms with van der Waals surface area (Å²) in [5.41, 5.74) is 0.301. The summed E-state index contributed by atoms with van der Waals surface area (Å²) in [6, 6.07) is 9.81. The van der Waals surface area contributed by atoms with Crippen LogP contribution in [0.25, 0.3) is 0 Å².